The van der Waals surface area contributed by atoms with Crippen molar-refractivity contribution in [1.82, 2.24) is 0 Å². The van der Waals surface area contributed by atoms with Gasteiger partial charge in [0, 0.05) is 41.9 Å². The Labute approximate surface area is 347 Å². The SMILES string of the molecule is CCOC(=O)C(Cc1ccc(OC/C=C(\C)C#Cc2ccc3c(c2)C(=O)c2cc(C#C/C(C)=C\COc4ccc(C(OCC)C(=O)OCC)cc4)ccc2-3)cc1)OCC. The summed E-state index contributed by atoms with van der Waals surface area (Å²) in [6, 6.07) is 26.2. The molecule has 1 aliphatic carbocycles. The highest BCUT2D eigenvalue weighted by Gasteiger charge is 2.27. The molecule has 4 aromatic rings. The van der Waals surface area contributed by atoms with Crippen LogP contribution in [0.25, 0.3) is 11.1 Å². The second-order valence-electron chi connectivity index (χ2n) is 13.4. The number of carbonyl (C=O) groups is 3. The number of ketones is 1. The van der Waals surface area contributed by atoms with Crippen molar-refractivity contribution in [2.75, 3.05) is 39.6 Å². The fourth-order valence-corrected chi connectivity index (χ4v) is 6.21. The predicted octanol–water partition coefficient (Wildman–Crippen LogP) is 8.80. The van der Waals surface area contributed by atoms with E-state index < -0.39 is 18.2 Å². The molecule has 5 rings (SSSR count). The standard InChI is InChI=1S/C50H50O9/c1-7-54-46(49(52)56-9-3)33-38-15-21-40(22-16-38)58-29-27-34(5)11-13-36-17-25-42-43-26-18-37(32-45(43)47(51)44(42)31-36)14-12-35(6)28-30-59-41-23-19-39(20-24-41)48(55-8-2)50(53)57-10-4/h15-28,31-32,46,48H,7-10,29-30,33H2,1-6H3/b34-27+,35-28-. The van der Waals surface area contributed by atoms with Crippen LogP contribution in [-0.2, 0) is 35.0 Å². The van der Waals surface area contributed by atoms with Gasteiger partial charge in [-0.1, -0.05) is 60.1 Å². The van der Waals surface area contributed by atoms with Gasteiger partial charge in [-0.2, -0.15) is 0 Å². The van der Waals surface area contributed by atoms with E-state index in [1.807, 2.05) is 101 Å². The van der Waals surface area contributed by atoms with Crippen molar-refractivity contribution in [1.29, 1.82) is 0 Å². The number of ether oxygens (including phenoxy) is 6. The quantitative estimate of drug-likeness (QED) is 0.0675. The first-order valence-corrected chi connectivity index (χ1v) is 19.9. The van der Waals surface area contributed by atoms with Gasteiger partial charge in [0.05, 0.1) is 13.2 Å². The first-order chi connectivity index (χ1) is 28.6. The van der Waals surface area contributed by atoms with E-state index in [0.29, 0.717) is 67.6 Å². The molecule has 0 radical (unpaired) electrons. The normalized spacial score (nSPS) is 12.8. The Morgan fingerprint density at radius 2 is 1.08 bits per heavy atom. The topological polar surface area (TPSA) is 107 Å². The van der Waals surface area contributed by atoms with Crippen LogP contribution in [0.3, 0.4) is 0 Å². The monoisotopic (exact) mass is 794 g/mol. The number of benzene rings is 4. The zero-order valence-electron chi connectivity index (χ0n) is 34.5. The van der Waals surface area contributed by atoms with Gasteiger partial charge in [-0.05, 0) is 136 Å². The fourth-order valence-electron chi connectivity index (χ4n) is 6.21. The third kappa shape index (κ3) is 12.3. The Morgan fingerprint density at radius 3 is 1.58 bits per heavy atom. The predicted molar refractivity (Wildman–Crippen MR) is 227 cm³/mol. The molecule has 2 unspecified atom stereocenters. The van der Waals surface area contributed by atoms with Gasteiger partial charge in [-0.3, -0.25) is 4.79 Å². The molecule has 59 heavy (non-hydrogen) atoms. The molecular weight excluding hydrogens is 745 g/mol. The van der Waals surface area contributed by atoms with Gasteiger partial charge in [0.2, 0.25) is 0 Å². The summed E-state index contributed by atoms with van der Waals surface area (Å²) in [5.74, 6) is 13.2. The van der Waals surface area contributed by atoms with Gasteiger partial charge in [0.25, 0.3) is 0 Å². The number of allylic oxidation sites excluding steroid dienone is 2. The zero-order valence-corrected chi connectivity index (χ0v) is 34.5. The van der Waals surface area contributed by atoms with Crippen LogP contribution in [-0.4, -0.2) is 63.5 Å². The molecule has 0 aromatic heterocycles. The lowest BCUT2D eigenvalue weighted by molar-refractivity contribution is -0.157. The van der Waals surface area contributed by atoms with Gasteiger partial charge in [0.1, 0.15) is 24.7 Å². The zero-order chi connectivity index (χ0) is 42.1. The number of hydrogen-bond donors (Lipinski definition) is 0. The summed E-state index contributed by atoms with van der Waals surface area (Å²) in [5.41, 5.74) is 7.79. The van der Waals surface area contributed by atoms with Crippen LogP contribution in [0.1, 0.15) is 85.8 Å². The molecule has 304 valence electrons. The van der Waals surface area contributed by atoms with Crippen LogP contribution < -0.4 is 9.47 Å². The Hall–Kier alpha value is -6.39. The highest BCUT2D eigenvalue weighted by molar-refractivity contribution is 6.22. The molecule has 0 bridgehead atoms. The van der Waals surface area contributed by atoms with Crippen molar-refractivity contribution in [2.24, 2.45) is 0 Å². The summed E-state index contributed by atoms with van der Waals surface area (Å²) in [7, 11) is 0. The van der Waals surface area contributed by atoms with Crippen LogP contribution in [0.4, 0.5) is 0 Å². The Bertz CT molecular complexity index is 2290. The summed E-state index contributed by atoms with van der Waals surface area (Å²) in [6.07, 6.45) is 2.80. The minimum absolute atomic E-state index is 0.0511. The highest BCUT2D eigenvalue weighted by Crippen LogP contribution is 2.37. The van der Waals surface area contributed by atoms with E-state index in [1.54, 1.807) is 38.1 Å². The van der Waals surface area contributed by atoms with E-state index in [2.05, 4.69) is 23.7 Å². The maximum Gasteiger partial charge on any atom is 0.339 e. The van der Waals surface area contributed by atoms with Crippen LogP contribution >= 0.6 is 0 Å². The van der Waals surface area contributed by atoms with Crippen molar-refractivity contribution >= 4 is 17.7 Å². The van der Waals surface area contributed by atoms with Gasteiger partial charge in [-0.15, -0.1) is 0 Å². The van der Waals surface area contributed by atoms with E-state index in [1.165, 1.54) is 0 Å². The minimum Gasteiger partial charge on any atom is -0.490 e. The third-order valence-corrected chi connectivity index (χ3v) is 9.18. The van der Waals surface area contributed by atoms with Crippen LogP contribution in [0.15, 0.2) is 108 Å². The molecule has 0 saturated heterocycles. The fraction of sp³-hybridized carbons (Fsp3) is 0.300. The van der Waals surface area contributed by atoms with Crippen molar-refractivity contribution in [2.45, 2.75) is 60.2 Å². The summed E-state index contributed by atoms with van der Waals surface area (Å²) in [6.45, 7) is 13.1. The average molecular weight is 795 g/mol. The summed E-state index contributed by atoms with van der Waals surface area (Å²) in [5, 5.41) is 0. The summed E-state index contributed by atoms with van der Waals surface area (Å²) >= 11 is 0. The maximum atomic E-state index is 13.5. The number of fused-ring (bicyclic) bond motifs is 3. The molecule has 0 heterocycles. The molecule has 4 aromatic carbocycles. The van der Waals surface area contributed by atoms with Gasteiger partial charge >= 0.3 is 11.9 Å². The highest BCUT2D eigenvalue weighted by atomic mass is 16.6. The molecule has 9 heteroatoms. The number of hydrogen-bond acceptors (Lipinski definition) is 9. The summed E-state index contributed by atoms with van der Waals surface area (Å²) in [4.78, 5) is 38.0. The smallest absolute Gasteiger partial charge is 0.339 e. The number of carbonyl (C=O) groups excluding carboxylic acids is 3. The molecule has 0 aliphatic heterocycles. The third-order valence-electron chi connectivity index (χ3n) is 9.18. The van der Waals surface area contributed by atoms with Crippen molar-refractivity contribution in [3.8, 4) is 46.3 Å². The molecule has 0 saturated carbocycles. The lowest BCUT2D eigenvalue weighted by Gasteiger charge is -2.16. The molecule has 0 amide bonds. The van der Waals surface area contributed by atoms with E-state index in [-0.39, 0.29) is 18.4 Å². The Kier molecular flexibility index (Phi) is 16.3. The second-order valence-corrected chi connectivity index (χ2v) is 13.4. The molecular formula is C50H50O9. The Balaban J connectivity index is 1.13. The van der Waals surface area contributed by atoms with E-state index in [9.17, 15) is 14.4 Å². The first-order valence-electron chi connectivity index (χ1n) is 19.9. The molecule has 1 aliphatic rings. The second kappa shape index (κ2) is 21.9. The van der Waals surface area contributed by atoms with E-state index in [4.69, 9.17) is 28.4 Å². The number of rotatable bonds is 17. The lowest BCUT2D eigenvalue weighted by atomic mass is 10.0. The Morgan fingerprint density at radius 1 is 0.593 bits per heavy atom. The van der Waals surface area contributed by atoms with Gasteiger partial charge < -0.3 is 28.4 Å². The summed E-state index contributed by atoms with van der Waals surface area (Å²) < 4.78 is 33.2. The van der Waals surface area contributed by atoms with E-state index >= 15 is 0 Å². The molecule has 0 N–H and O–H groups in total. The van der Waals surface area contributed by atoms with Crippen molar-refractivity contribution in [3.63, 3.8) is 0 Å². The number of esters is 2. The van der Waals surface area contributed by atoms with Crippen LogP contribution in [0, 0.1) is 23.7 Å². The minimum atomic E-state index is -0.775. The van der Waals surface area contributed by atoms with Crippen LogP contribution in [0.5, 0.6) is 11.5 Å². The molecule has 0 fully saturated rings. The molecule has 9 nitrogen and oxygen atoms in total. The lowest BCUT2D eigenvalue weighted by Crippen LogP contribution is -2.28. The van der Waals surface area contributed by atoms with Crippen molar-refractivity contribution < 1.29 is 42.8 Å². The van der Waals surface area contributed by atoms with Gasteiger partial charge in [0.15, 0.2) is 18.0 Å². The first kappa shape index (κ1) is 43.7. The molecule has 2 atom stereocenters. The van der Waals surface area contributed by atoms with E-state index in [0.717, 1.165) is 39.0 Å². The largest absolute Gasteiger partial charge is 0.490 e. The molecule has 0 spiro atoms. The maximum absolute atomic E-state index is 13.5. The van der Waals surface area contributed by atoms with Gasteiger partial charge in [-0.25, -0.2) is 9.59 Å². The van der Waals surface area contributed by atoms with Crippen LogP contribution in [0.2, 0.25) is 0 Å². The average Bonchev–Trinajstić information content (AvgIpc) is 3.51. The van der Waals surface area contributed by atoms with Crippen molar-refractivity contribution in [3.05, 3.63) is 142 Å².